The Kier molecular flexibility index (Phi) is 10.2. The summed E-state index contributed by atoms with van der Waals surface area (Å²) in [5.74, 6) is 0.525. The Morgan fingerprint density at radius 3 is 2.71 bits per heavy atom. The van der Waals surface area contributed by atoms with Crippen molar-refractivity contribution in [3.63, 3.8) is 0 Å². The van der Waals surface area contributed by atoms with Crippen molar-refractivity contribution in [2.45, 2.75) is 88.7 Å². The van der Waals surface area contributed by atoms with Gasteiger partial charge >= 0.3 is 0 Å². The van der Waals surface area contributed by atoms with Crippen LogP contribution in [-0.2, 0) is 20.4 Å². The van der Waals surface area contributed by atoms with Crippen LogP contribution in [-0.4, -0.2) is 100.0 Å². The van der Waals surface area contributed by atoms with Gasteiger partial charge in [-0.15, -0.1) is 0 Å². The molecule has 0 bridgehead atoms. The van der Waals surface area contributed by atoms with Crippen LogP contribution in [0.2, 0.25) is 0 Å². The van der Waals surface area contributed by atoms with Crippen LogP contribution in [0.25, 0.3) is 0 Å². The van der Waals surface area contributed by atoms with Crippen molar-refractivity contribution in [1.29, 1.82) is 5.26 Å². The lowest BCUT2D eigenvalue weighted by Crippen LogP contribution is -2.56. The Balaban J connectivity index is 1.48. The lowest BCUT2D eigenvalue weighted by atomic mass is 9.94. The minimum atomic E-state index is -2.19. The molecule has 41 heavy (non-hydrogen) atoms. The molecule has 0 aromatic heterocycles. The number of hydrogen-bond donors (Lipinski definition) is 4. The molecule has 0 saturated carbocycles. The SMILES string of the molecule is CO[C@@H]1[C@H](OP(O)NN(C(C)C)C(C)(C)CCC#N)[C@@H](CO)O[C@H]1N1CN=C2C1=NC=NC2(N)Cc1ccccc1. The van der Waals surface area contributed by atoms with E-state index < -0.39 is 44.3 Å². The van der Waals surface area contributed by atoms with E-state index in [0.717, 1.165) is 5.56 Å². The second-order valence-electron chi connectivity index (χ2n) is 11.2. The molecule has 0 aliphatic carbocycles. The highest BCUT2D eigenvalue weighted by Crippen LogP contribution is 2.40. The summed E-state index contributed by atoms with van der Waals surface area (Å²) in [6.07, 6.45) is -0.132. The number of fused-ring (bicyclic) bond motifs is 1. The zero-order valence-corrected chi connectivity index (χ0v) is 25.1. The van der Waals surface area contributed by atoms with E-state index in [1.54, 1.807) is 0 Å². The van der Waals surface area contributed by atoms with E-state index in [4.69, 9.17) is 30.0 Å². The molecule has 5 N–H and O–H groups in total. The monoisotopic (exact) mass is 588 g/mol. The standard InChI is InChI=1S/C27H41N8O5P/c1-18(2)35(26(3,4)12-9-13-28)33-41(37)40-21-20(15-36)39-25(22(21)38-5)34-17-31-23-24(34)30-16-32-27(23,29)14-19-10-7-6-8-11-19/h6-8,10-11,16,18,20-22,25,33,36-37H,9,12,14-15,17,29H2,1-5H3/t20-,21-,22-,25-,27?,41?/m1/s1. The molecule has 14 heteroatoms. The minimum absolute atomic E-state index is 0.00226. The molecule has 2 unspecified atom stereocenters. The molecule has 3 aliphatic heterocycles. The molecule has 0 amide bonds. The van der Waals surface area contributed by atoms with E-state index in [1.165, 1.54) is 13.4 Å². The van der Waals surface area contributed by atoms with Crippen LogP contribution in [0.5, 0.6) is 0 Å². The number of ether oxygens (including phenoxy) is 2. The van der Waals surface area contributed by atoms with Gasteiger partial charge in [-0.05, 0) is 39.7 Å². The fourth-order valence-corrected chi connectivity index (χ4v) is 6.74. The predicted octanol–water partition coefficient (Wildman–Crippen LogP) is 1.67. The van der Waals surface area contributed by atoms with Gasteiger partial charge in [-0.1, -0.05) is 30.3 Å². The molecule has 1 aromatic rings. The molecule has 13 nitrogen and oxygen atoms in total. The van der Waals surface area contributed by atoms with Gasteiger partial charge in [0.05, 0.1) is 12.7 Å². The summed E-state index contributed by atoms with van der Waals surface area (Å²) in [6.45, 7) is 7.83. The summed E-state index contributed by atoms with van der Waals surface area (Å²) in [5.41, 5.74) is 6.79. The van der Waals surface area contributed by atoms with Crippen molar-refractivity contribution in [2.24, 2.45) is 20.7 Å². The maximum Gasteiger partial charge on any atom is 0.268 e. The third kappa shape index (κ3) is 6.83. The molecular weight excluding hydrogens is 547 g/mol. The summed E-state index contributed by atoms with van der Waals surface area (Å²) in [5, 5.41) is 24.2. The number of methoxy groups -OCH3 is 1. The van der Waals surface area contributed by atoms with E-state index in [1.807, 2.05) is 67.9 Å². The molecule has 0 spiro atoms. The van der Waals surface area contributed by atoms with Crippen LogP contribution in [0.4, 0.5) is 0 Å². The fraction of sp³-hybridized carbons (Fsp3) is 0.630. The zero-order chi connectivity index (χ0) is 29.8. The second kappa shape index (κ2) is 13.3. The molecule has 3 heterocycles. The second-order valence-corrected chi connectivity index (χ2v) is 12.2. The molecule has 3 aliphatic rings. The summed E-state index contributed by atoms with van der Waals surface area (Å²) in [6, 6.07) is 12.0. The quantitative estimate of drug-likeness (QED) is 0.196. The van der Waals surface area contributed by atoms with Gasteiger partial charge in [-0.2, -0.15) is 10.5 Å². The molecule has 1 saturated heterocycles. The molecule has 0 radical (unpaired) electrons. The number of hydrazine groups is 1. The van der Waals surface area contributed by atoms with E-state index in [-0.39, 0.29) is 19.3 Å². The molecule has 224 valence electrons. The Bertz CT molecular complexity index is 1180. The lowest BCUT2D eigenvalue weighted by molar-refractivity contribution is -0.0765. The first-order valence-electron chi connectivity index (χ1n) is 13.7. The van der Waals surface area contributed by atoms with Crippen molar-refractivity contribution in [1.82, 2.24) is 15.1 Å². The van der Waals surface area contributed by atoms with Crippen LogP contribution in [0.1, 0.15) is 46.1 Å². The van der Waals surface area contributed by atoms with Crippen LogP contribution >= 0.6 is 8.53 Å². The number of rotatable bonds is 13. The predicted molar refractivity (Wildman–Crippen MR) is 157 cm³/mol. The Morgan fingerprint density at radius 2 is 2.07 bits per heavy atom. The van der Waals surface area contributed by atoms with Gasteiger partial charge < -0.3 is 34.6 Å². The topological polar surface area (TPSA) is 174 Å². The summed E-state index contributed by atoms with van der Waals surface area (Å²) < 4.78 is 18.1. The van der Waals surface area contributed by atoms with Crippen molar-refractivity contribution < 1.29 is 24.0 Å². The van der Waals surface area contributed by atoms with Crippen molar-refractivity contribution >= 4 is 26.4 Å². The number of nitrogens with one attached hydrogen (secondary N) is 1. The number of aliphatic hydroxyl groups is 1. The lowest BCUT2D eigenvalue weighted by Gasteiger charge is -2.42. The fourth-order valence-electron chi connectivity index (χ4n) is 5.52. The number of benzene rings is 1. The molecule has 1 aromatic carbocycles. The summed E-state index contributed by atoms with van der Waals surface area (Å²) in [4.78, 5) is 26.5. The van der Waals surface area contributed by atoms with Gasteiger partial charge in [0.1, 0.15) is 37.0 Å². The van der Waals surface area contributed by atoms with Crippen LogP contribution < -0.4 is 10.9 Å². The Hall–Kier alpha value is -2.37. The normalized spacial score (nSPS) is 28.6. The van der Waals surface area contributed by atoms with E-state index >= 15 is 0 Å². The average molecular weight is 589 g/mol. The van der Waals surface area contributed by atoms with Crippen molar-refractivity contribution in [3.05, 3.63) is 35.9 Å². The molecule has 6 atom stereocenters. The van der Waals surface area contributed by atoms with E-state index in [0.29, 0.717) is 30.8 Å². The van der Waals surface area contributed by atoms with Crippen LogP contribution in [0, 0.1) is 11.3 Å². The van der Waals surface area contributed by atoms with Gasteiger partial charge in [0.25, 0.3) is 8.53 Å². The number of nitrogens with zero attached hydrogens (tertiary/aromatic N) is 6. The molecule has 4 rings (SSSR count). The number of nitriles is 1. The maximum atomic E-state index is 11.0. The van der Waals surface area contributed by atoms with Crippen LogP contribution in [0.15, 0.2) is 45.3 Å². The van der Waals surface area contributed by atoms with Crippen molar-refractivity contribution in [3.8, 4) is 6.07 Å². The number of aliphatic hydroxyl groups excluding tert-OH is 1. The van der Waals surface area contributed by atoms with Gasteiger partial charge in [-0.3, -0.25) is 4.99 Å². The third-order valence-electron chi connectivity index (χ3n) is 7.54. The first-order valence-corrected chi connectivity index (χ1v) is 14.9. The first kappa shape index (κ1) is 31.6. The highest BCUT2D eigenvalue weighted by Gasteiger charge is 2.53. The van der Waals surface area contributed by atoms with E-state index in [9.17, 15) is 10.00 Å². The number of amidine groups is 1. The van der Waals surface area contributed by atoms with Gasteiger partial charge in [0.2, 0.25) is 0 Å². The third-order valence-corrected chi connectivity index (χ3v) is 8.37. The van der Waals surface area contributed by atoms with Gasteiger partial charge in [0.15, 0.2) is 17.7 Å². The largest absolute Gasteiger partial charge is 0.394 e. The van der Waals surface area contributed by atoms with Crippen molar-refractivity contribution in [2.75, 3.05) is 20.4 Å². The Morgan fingerprint density at radius 1 is 1.34 bits per heavy atom. The zero-order valence-electron chi connectivity index (χ0n) is 24.2. The number of nitrogens with two attached hydrogens (primary N) is 1. The highest BCUT2D eigenvalue weighted by atomic mass is 31.2. The Labute approximate surface area is 242 Å². The summed E-state index contributed by atoms with van der Waals surface area (Å²) >= 11 is 0. The molecule has 1 fully saturated rings. The number of aliphatic imine (C=N–C) groups is 3. The highest BCUT2D eigenvalue weighted by molar-refractivity contribution is 7.43. The minimum Gasteiger partial charge on any atom is -0.394 e. The maximum absolute atomic E-state index is 11.0. The smallest absolute Gasteiger partial charge is 0.268 e. The van der Waals surface area contributed by atoms with Crippen LogP contribution in [0.3, 0.4) is 0 Å². The molecular formula is C27H41N8O5P. The van der Waals surface area contributed by atoms with Gasteiger partial charge in [0, 0.05) is 31.5 Å². The van der Waals surface area contributed by atoms with E-state index in [2.05, 4.69) is 21.3 Å². The summed E-state index contributed by atoms with van der Waals surface area (Å²) in [7, 11) is -0.667. The number of hydrogen-bond acceptors (Lipinski definition) is 13. The van der Waals surface area contributed by atoms with Gasteiger partial charge in [-0.25, -0.2) is 15.0 Å². The first-order chi connectivity index (χ1) is 19.5. The average Bonchev–Trinajstić information content (AvgIpc) is 3.52.